The predicted octanol–water partition coefficient (Wildman–Crippen LogP) is 3.33. The van der Waals surface area contributed by atoms with Gasteiger partial charge in [-0.05, 0) is 24.3 Å². The second-order valence-corrected chi connectivity index (χ2v) is 8.71. The standard InChI is InChI=1S/C17H16ClFN4O4S2/c1-26-11-4-3-10(15(5-11)27-2)8-23(17-21-9-22-28-17)29(24,25)16-6-12(18)14(20)7-13(16)19/h3-7,9H,8,20H2,1-2H3. The number of benzene rings is 2. The Kier molecular flexibility index (Phi) is 6.10. The van der Waals surface area contributed by atoms with Crippen molar-refractivity contribution in [2.75, 3.05) is 24.3 Å². The van der Waals surface area contributed by atoms with Gasteiger partial charge in [0.05, 0.1) is 31.5 Å². The molecule has 0 fully saturated rings. The van der Waals surface area contributed by atoms with Crippen LogP contribution in [0.4, 0.5) is 15.2 Å². The smallest absolute Gasteiger partial charge is 0.269 e. The molecule has 12 heteroatoms. The number of hydrogen-bond acceptors (Lipinski definition) is 8. The summed E-state index contributed by atoms with van der Waals surface area (Å²) in [4.78, 5) is 3.35. The van der Waals surface area contributed by atoms with E-state index in [-0.39, 0.29) is 22.4 Å². The summed E-state index contributed by atoms with van der Waals surface area (Å²) in [6.07, 6.45) is 1.21. The van der Waals surface area contributed by atoms with Gasteiger partial charge >= 0.3 is 0 Å². The summed E-state index contributed by atoms with van der Waals surface area (Å²) >= 11 is 6.77. The molecule has 0 bridgehead atoms. The van der Waals surface area contributed by atoms with Gasteiger partial charge in [0.1, 0.15) is 28.5 Å². The van der Waals surface area contributed by atoms with Gasteiger partial charge in [-0.2, -0.15) is 4.37 Å². The van der Waals surface area contributed by atoms with E-state index in [9.17, 15) is 12.8 Å². The molecule has 0 unspecified atom stereocenters. The van der Waals surface area contributed by atoms with Gasteiger partial charge in [-0.3, -0.25) is 0 Å². The minimum atomic E-state index is -4.39. The van der Waals surface area contributed by atoms with E-state index in [4.69, 9.17) is 26.8 Å². The number of hydrogen-bond donors (Lipinski definition) is 1. The first-order valence-electron chi connectivity index (χ1n) is 8.02. The molecule has 3 rings (SSSR count). The van der Waals surface area contributed by atoms with Gasteiger partial charge in [0.2, 0.25) is 5.13 Å². The molecule has 0 saturated heterocycles. The molecule has 29 heavy (non-hydrogen) atoms. The molecule has 0 aliphatic rings. The summed E-state index contributed by atoms with van der Waals surface area (Å²) in [5, 5.41) is -0.0283. The fraction of sp³-hybridized carbons (Fsp3) is 0.176. The van der Waals surface area contributed by atoms with Gasteiger partial charge in [0, 0.05) is 23.2 Å². The Bertz CT molecular complexity index is 1130. The van der Waals surface area contributed by atoms with Crippen LogP contribution in [0.25, 0.3) is 0 Å². The number of rotatable bonds is 7. The zero-order valence-corrected chi connectivity index (χ0v) is 17.7. The quantitative estimate of drug-likeness (QED) is 0.541. The van der Waals surface area contributed by atoms with Crippen LogP contribution in [0.5, 0.6) is 11.5 Å². The highest BCUT2D eigenvalue weighted by Crippen LogP contribution is 2.34. The SMILES string of the molecule is COc1ccc(CN(c2ncns2)S(=O)(=O)c2cc(Cl)c(N)cc2F)c(OC)c1. The van der Waals surface area contributed by atoms with E-state index in [0.29, 0.717) is 17.1 Å². The second-order valence-electron chi connectivity index (χ2n) is 5.72. The zero-order valence-electron chi connectivity index (χ0n) is 15.3. The lowest BCUT2D eigenvalue weighted by Crippen LogP contribution is -2.31. The number of nitrogen functional groups attached to an aromatic ring is 1. The van der Waals surface area contributed by atoms with Gasteiger partial charge in [0.25, 0.3) is 10.0 Å². The van der Waals surface area contributed by atoms with Crippen molar-refractivity contribution in [2.24, 2.45) is 0 Å². The van der Waals surface area contributed by atoms with Crippen LogP contribution in [-0.4, -0.2) is 32.0 Å². The van der Waals surface area contributed by atoms with E-state index >= 15 is 0 Å². The third kappa shape index (κ3) is 4.21. The fourth-order valence-corrected chi connectivity index (χ4v) is 4.96. The van der Waals surface area contributed by atoms with Gasteiger partial charge in [-0.25, -0.2) is 22.1 Å². The van der Waals surface area contributed by atoms with E-state index in [1.54, 1.807) is 18.2 Å². The number of aromatic nitrogens is 2. The van der Waals surface area contributed by atoms with E-state index in [0.717, 1.165) is 28.0 Å². The Morgan fingerprint density at radius 2 is 2.00 bits per heavy atom. The van der Waals surface area contributed by atoms with E-state index in [1.807, 2.05) is 0 Å². The Morgan fingerprint density at radius 1 is 1.24 bits per heavy atom. The van der Waals surface area contributed by atoms with E-state index in [2.05, 4.69) is 9.36 Å². The molecule has 8 nitrogen and oxygen atoms in total. The van der Waals surface area contributed by atoms with Crippen LogP contribution in [0.15, 0.2) is 41.6 Å². The number of anilines is 2. The molecule has 0 radical (unpaired) electrons. The van der Waals surface area contributed by atoms with Crippen molar-refractivity contribution in [3.8, 4) is 11.5 Å². The van der Waals surface area contributed by atoms with Crippen molar-refractivity contribution in [3.63, 3.8) is 0 Å². The number of ether oxygens (including phenoxy) is 2. The number of methoxy groups -OCH3 is 2. The average molecular weight is 459 g/mol. The summed E-state index contributed by atoms with van der Waals surface area (Å²) in [5.41, 5.74) is 6.00. The number of nitrogens with two attached hydrogens (primary N) is 1. The van der Waals surface area contributed by atoms with Gasteiger partial charge in [-0.15, -0.1) is 0 Å². The maximum absolute atomic E-state index is 14.5. The van der Waals surface area contributed by atoms with Crippen molar-refractivity contribution in [2.45, 2.75) is 11.4 Å². The number of halogens is 2. The molecular formula is C17H16ClFN4O4S2. The summed E-state index contributed by atoms with van der Waals surface area (Å²) < 4.78 is 56.4. The Hall–Kier alpha value is -2.63. The average Bonchev–Trinajstić information content (AvgIpc) is 3.22. The Balaban J connectivity index is 2.11. The topological polar surface area (TPSA) is 108 Å². The third-order valence-electron chi connectivity index (χ3n) is 3.99. The third-order valence-corrected chi connectivity index (χ3v) is 6.87. The minimum absolute atomic E-state index is 0.0511. The largest absolute Gasteiger partial charge is 0.497 e. The first-order chi connectivity index (χ1) is 13.8. The molecular weight excluding hydrogens is 443 g/mol. The number of sulfonamides is 1. The number of nitrogens with zero attached hydrogens (tertiary/aromatic N) is 3. The fourth-order valence-electron chi connectivity index (χ4n) is 2.53. The molecule has 0 amide bonds. The van der Waals surface area contributed by atoms with Crippen LogP contribution in [0.1, 0.15) is 5.56 Å². The molecule has 0 spiro atoms. The lowest BCUT2D eigenvalue weighted by atomic mass is 10.2. The highest BCUT2D eigenvalue weighted by atomic mass is 35.5. The van der Waals surface area contributed by atoms with E-state index in [1.165, 1.54) is 20.5 Å². The van der Waals surface area contributed by atoms with Crippen LogP contribution in [0.2, 0.25) is 5.02 Å². The van der Waals surface area contributed by atoms with Crippen molar-refractivity contribution in [1.29, 1.82) is 0 Å². The van der Waals surface area contributed by atoms with Crippen molar-refractivity contribution >= 4 is 44.0 Å². The molecule has 3 aromatic rings. The minimum Gasteiger partial charge on any atom is -0.497 e. The molecule has 1 heterocycles. The summed E-state index contributed by atoms with van der Waals surface area (Å²) in [5.74, 6) is -0.0970. The molecule has 2 aromatic carbocycles. The van der Waals surface area contributed by atoms with Crippen LogP contribution in [0, 0.1) is 5.82 Å². The highest BCUT2D eigenvalue weighted by Gasteiger charge is 2.31. The highest BCUT2D eigenvalue weighted by molar-refractivity contribution is 7.93. The van der Waals surface area contributed by atoms with Crippen LogP contribution in [-0.2, 0) is 16.6 Å². The van der Waals surface area contributed by atoms with Crippen LogP contribution >= 0.6 is 23.1 Å². The van der Waals surface area contributed by atoms with Gasteiger partial charge in [-0.1, -0.05) is 11.6 Å². The molecule has 0 aliphatic heterocycles. The van der Waals surface area contributed by atoms with Crippen molar-refractivity contribution < 1.29 is 22.3 Å². The van der Waals surface area contributed by atoms with Crippen molar-refractivity contribution in [1.82, 2.24) is 9.36 Å². The normalized spacial score (nSPS) is 11.3. The Labute approximate surface area is 175 Å². The molecule has 1 aromatic heterocycles. The van der Waals surface area contributed by atoms with Crippen LogP contribution in [0.3, 0.4) is 0 Å². The lowest BCUT2D eigenvalue weighted by molar-refractivity contribution is 0.391. The first kappa shape index (κ1) is 21.1. The molecule has 0 saturated carbocycles. The maximum Gasteiger partial charge on any atom is 0.269 e. The molecule has 0 aliphatic carbocycles. The predicted molar refractivity (Wildman–Crippen MR) is 109 cm³/mol. The zero-order chi connectivity index (χ0) is 21.2. The molecule has 0 atom stereocenters. The summed E-state index contributed by atoms with van der Waals surface area (Å²) in [6, 6.07) is 6.75. The Morgan fingerprint density at radius 3 is 2.62 bits per heavy atom. The van der Waals surface area contributed by atoms with Crippen molar-refractivity contribution in [3.05, 3.63) is 53.1 Å². The lowest BCUT2D eigenvalue weighted by Gasteiger charge is -2.23. The van der Waals surface area contributed by atoms with E-state index < -0.39 is 20.7 Å². The second kappa shape index (κ2) is 8.39. The molecule has 2 N–H and O–H groups in total. The van der Waals surface area contributed by atoms with Crippen LogP contribution < -0.4 is 19.5 Å². The monoisotopic (exact) mass is 458 g/mol. The first-order valence-corrected chi connectivity index (χ1v) is 10.6. The molecule has 154 valence electrons. The van der Waals surface area contributed by atoms with Gasteiger partial charge < -0.3 is 15.2 Å². The summed E-state index contributed by atoms with van der Waals surface area (Å²) in [7, 11) is -1.45. The summed E-state index contributed by atoms with van der Waals surface area (Å²) in [6.45, 7) is -0.188. The van der Waals surface area contributed by atoms with Gasteiger partial charge in [0.15, 0.2) is 0 Å². The maximum atomic E-state index is 14.5.